The highest BCUT2D eigenvalue weighted by atomic mass is 35.5. The number of benzene rings is 3. The van der Waals surface area contributed by atoms with E-state index in [9.17, 15) is 0 Å². The Balaban J connectivity index is 1.42. The van der Waals surface area contributed by atoms with Gasteiger partial charge in [0.05, 0.1) is 33.5 Å². The number of hydrogen-bond acceptors (Lipinski definition) is 3. The van der Waals surface area contributed by atoms with Gasteiger partial charge in [-0.2, -0.15) is 0 Å². The maximum Gasteiger partial charge on any atom is 0.174 e. The van der Waals surface area contributed by atoms with Gasteiger partial charge in [-0.15, -0.1) is 0 Å². The summed E-state index contributed by atoms with van der Waals surface area (Å²) < 4.78 is 8.23. The Labute approximate surface area is 255 Å². The SMILES string of the molecule is Cc1ccc(Oc2ccc(N3C(=S)NC(c4ccccn4)C3c3cc(C)n(-c4cccc(Cl)c4Cl)c3C)cc2)cc1. The van der Waals surface area contributed by atoms with Gasteiger partial charge in [-0.25, -0.2) is 0 Å². The molecule has 0 aliphatic carbocycles. The fraction of sp³-hybridized carbons (Fsp3) is 0.152. The number of thiocarbonyl (C=S) groups is 1. The molecular weight excluding hydrogens is 571 g/mol. The van der Waals surface area contributed by atoms with Crippen LogP contribution in [0.2, 0.25) is 10.0 Å². The lowest BCUT2D eigenvalue weighted by Crippen LogP contribution is -2.29. The Morgan fingerprint density at radius 2 is 1.56 bits per heavy atom. The molecule has 8 heteroatoms. The largest absolute Gasteiger partial charge is 0.457 e. The summed E-state index contributed by atoms with van der Waals surface area (Å²) in [6.07, 6.45) is 1.81. The number of hydrogen-bond donors (Lipinski definition) is 1. The van der Waals surface area contributed by atoms with E-state index in [0.29, 0.717) is 15.2 Å². The maximum atomic E-state index is 6.68. The van der Waals surface area contributed by atoms with Crippen molar-refractivity contribution in [3.05, 3.63) is 135 Å². The summed E-state index contributed by atoms with van der Waals surface area (Å²) in [6.45, 7) is 6.24. The molecule has 6 rings (SSSR count). The van der Waals surface area contributed by atoms with Crippen LogP contribution in [0, 0.1) is 20.8 Å². The van der Waals surface area contributed by atoms with E-state index < -0.39 is 0 Å². The number of rotatable bonds is 6. The first-order valence-corrected chi connectivity index (χ1v) is 14.5. The minimum absolute atomic E-state index is 0.167. The highest BCUT2D eigenvalue weighted by Gasteiger charge is 2.42. The van der Waals surface area contributed by atoms with E-state index in [1.807, 2.05) is 85.1 Å². The number of halogens is 2. The van der Waals surface area contributed by atoms with Crippen molar-refractivity contribution in [1.82, 2.24) is 14.9 Å². The summed E-state index contributed by atoms with van der Waals surface area (Å²) in [7, 11) is 0. The van der Waals surface area contributed by atoms with Gasteiger partial charge in [-0.3, -0.25) is 4.98 Å². The van der Waals surface area contributed by atoms with E-state index in [1.54, 1.807) is 6.07 Å². The van der Waals surface area contributed by atoms with Gasteiger partial charge in [0.25, 0.3) is 0 Å². The van der Waals surface area contributed by atoms with Crippen molar-refractivity contribution in [3.63, 3.8) is 0 Å². The third kappa shape index (κ3) is 5.19. The van der Waals surface area contributed by atoms with Crippen LogP contribution >= 0.6 is 35.4 Å². The van der Waals surface area contributed by atoms with Gasteiger partial charge >= 0.3 is 0 Å². The lowest BCUT2D eigenvalue weighted by atomic mass is 9.96. The summed E-state index contributed by atoms with van der Waals surface area (Å²) in [5.41, 5.74) is 7.09. The average molecular weight is 600 g/mol. The van der Waals surface area contributed by atoms with Crippen LogP contribution < -0.4 is 15.0 Å². The van der Waals surface area contributed by atoms with Crippen LogP contribution in [0.1, 0.15) is 40.3 Å². The molecule has 1 fully saturated rings. The lowest BCUT2D eigenvalue weighted by Gasteiger charge is -2.28. The Morgan fingerprint density at radius 1 is 0.854 bits per heavy atom. The summed E-state index contributed by atoms with van der Waals surface area (Å²) >= 11 is 19.0. The van der Waals surface area contributed by atoms with Crippen LogP contribution in [0.15, 0.2) is 97.2 Å². The molecule has 0 bridgehead atoms. The highest BCUT2D eigenvalue weighted by molar-refractivity contribution is 7.80. The molecule has 5 nitrogen and oxygen atoms in total. The third-order valence-electron chi connectivity index (χ3n) is 7.43. The van der Waals surface area contributed by atoms with Gasteiger partial charge in [0.1, 0.15) is 11.5 Å². The molecule has 0 radical (unpaired) electrons. The van der Waals surface area contributed by atoms with E-state index in [-0.39, 0.29) is 12.1 Å². The van der Waals surface area contributed by atoms with E-state index >= 15 is 0 Å². The molecule has 2 aromatic heterocycles. The Morgan fingerprint density at radius 3 is 2.24 bits per heavy atom. The molecule has 1 saturated heterocycles. The molecule has 1 aliphatic rings. The monoisotopic (exact) mass is 598 g/mol. The maximum absolute atomic E-state index is 6.68. The minimum Gasteiger partial charge on any atom is -0.457 e. The number of nitrogens with one attached hydrogen (secondary N) is 1. The van der Waals surface area contributed by atoms with Crippen molar-refractivity contribution in [3.8, 4) is 17.2 Å². The molecule has 0 saturated carbocycles. The first-order chi connectivity index (χ1) is 19.8. The number of anilines is 1. The van der Waals surface area contributed by atoms with E-state index in [0.717, 1.165) is 45.5 Å². The summed E-state index contributed by atoms with van der Waals surface area (Å²) in [5, 5.41) is 5.21. The van der Waals surface area contributed by atoms with Gasteiger partial charge in [-0.1, -0.05) is 53.0 Å². The normalized spacial score (nSPS) is 16.6. The zero-order valence-electron chi connectivity index (χ0n) is 22.8. The van der Waals surface area contributed by atoms with Crippen molar-refractivity contribution >= 4 is 46.2 Å². The summed E-state index contributed by atoms with van der Waals surface area (Å²) in [4.78, 5) is 6.86. The van der Waals surface area contributed by atoms with Crippen LogP contribution in [-0.2, 0) is 0 Å². The van der Waals surface area contributed by atoms with Crippen LogP contribution in [0.4, 0.5) is 5.69 Å². The fourth-order valence-electron chi connectivity index (χ4n) is 5.49. The van der Waals surface area contributed by atoms with Gasteiger partial charge in [0.15, 0.2) is 5.11 Å². The predicted molar refractivity (Wildman–Crippen MR) is 171 cm³/mol. The molecule has 206 valence electrons. The number of aromatic nitrogens is 2. The molecule has 3 aromatic carbocycles. The van der Waals surface area contributed by atoms with Crippen LogP contribution in [0.5, 0.6) is 11.5 Å². The van der Waals surface area contributed by atoms with E-state index in [2.05, 4.69) is 41.6 Å². The van der Waals surface area contributed by atoms with Crippen molar-refractivity contribution < 1.29 is 4.74 Å². The van der Waals surface area contributed by atoms with E-state index in [4.69, 9.17) is 45.1 Å². The van der Waals surface area contributed by atoms with Crippen molar-refractivity contribution in [2.24, 2.45) is 0 Å². The second-order valence-corrected chi connectivity index (χ2v) is 11.3. The summed E-state index contributed by atoms with van der Waals surface area (Å²) in [5.74, 6) is 1.55. The molecule has 1 aliphatic heterocycles. The molecule has 0 amide bonds. The fourth-order valence-corrected chi connectivity index (χ4v) is 6.22. The van der Waals surface area contributed by atoms with Gasteiger partial charge in [0, 0.05) is 23.3 Å². The second-order valence-electron chi connectivity index (χ2n) is 10.1. The zero-order valence-corrected chi connectivity index (χ0v) is 25.1. The predicted octanol–water partition coefficient (Wildman–Crippen LogP) is 9.07. The standard InChI is InChI=1S/C33H28Cl2N4OS/c1-20-10-14-24(15-11-20)40-25-16-12-23(13-17-25)39-32(31(37-33(39)41)28-8-4-5-18-36-28)26-19-21(2)38(22(26)3)29-9-6-7-27(34)30(29)35/h4-19,31-32H,1-3H3,(H,37,41). The highest BCUT2D eigenvalue weighted by Crippen LogP contribution is 2.44. The molecule has 2 atom stereocenters. The smallest absolute Gasteiger partial charge is 0.174 e. The van der Waals surface area contributed by atoms with Crippen LogP contribution in [0.3, 0.4) is 0 Å². The average Bonchev–Trinajstić information content (AvgIpc) is 3.47. The number of nitrogens with zero attached hydrogens (tertiary/aromatic N) is 3. The number of ether oxygens (including phenoxy) is 1. The van der Waals surface area contributed by atoms with Gasteiger partial charge in [-0.05, 0) is 105 Å². The first kappa shape index (κ1) is 27.3. The molecule has 5 aromatic rings. The minimum atomic E-state index is -0.170. The Kier molecular flexibility index (Phi) is 7.47. The Bertz CT molecular complexity index is 1720. The van der Waals surface area contributed by atoms with Crippen molar-refractivity contribution in [1.29, 1.82) is 0 Å². The summed E-state index contributed by atoms with van der Waals surface area (Å²) in [6, 6.07) is 29.5. The number of aryl methyl sites for hydroxylation is 2. The molecule has 1 N–H and O–H groups in total. The lowest BCUT2D eigenvalue weighted by molar-refractivity contribution is 0.482. The van der Waals surface area contributed by atoms with Crippen LogP contribution in [-0.4, -0.2) is 14.7 Å². The van der Waals surface area contributed by atoms with Gasteiger partial charge < -0.3 is 19.5 Å². The quantitative estimate of drug-likeness (QED) is 0.197. The third-order valence-corrected chi connectivity index (χ3v) is 8.55. The molecule has 2 unspecified atom stereocenters. The van der Waals surface area contributed by atoms with Crippen LogP contribution in [0.25, 0.3) is 5.69 Å². The zero-order chi connectivity index (χ0) is 28.7. The molecule has 0 spiro atoms. The van der Waals surface area contributed by atoms with E-state index in [1.165, 1.54) is 5.56 Å². The van der Waals surface area contributed by atoms with Crippen molar-refractivity contribution in [2.75, 3.05) is 4.90 Å². The molecule has 41 heavy (non-hydrogen) atoms. The Hall–Kier alpha value is -3.84. The number of pyridine rings is 1. The van der Waals surface area contributed by atoms with Gasteiger partial charge in [0.2, 0.25) is 0 Å². The topological polar surface area (TPSA) is 42.3 Å². The second kappa shape index (κ2) is 11.2. The molecule has 3 heterocycles. The first-order valence-electron chi connectivity index (χ1n) is 13.3. The van der Waals surface area contributed by atoms with Crippen molar-refractivity contribution in [2.45, 2.75) is 32.9 Å². The molecular formula is C33H28Cl2N4OS.